The van der Waals surface area contributed by atoms with Crippen LogP contribution < -0.4 is 10.5 Å². The van der Waals surface area contributed by atoms with E-state index in [1.165, 1.54) is 0 Å². The molecule has 0 radical (unpaired) electrons. The highest BCUT2D eigenvalue weighted by molar-refractivity contribution is 7.90. The van der Waals surface area contributed by atoms with Crippen molar-refractivity contribution < 1.29 is 8.42 Å². The summed E-state index contributed by atoms with van der Waals surface area (Å²) in [6.45, 7) is 0.244. The van der Waals surface area contributed by atoms with Crippen molar-refractivity contribution >= 4 is 15.9 Å². The third-order valence-electron chi connectivity index (χ3n) is 2.69. The minimum atomic E-state index is -3.18. The predicted molar refractivity (Wildman–Crippen MR) is 60.3 cm³/mol. The van der Waals surface area contributed by atoms with Gasteiger partial charge in [0.1, 0.15) is 0 Å². The zero-order valence-corrected chi connectivity index (χ0v) is 9.65. The van der Waals surface area contributed by atoms with Gasteiger partial charge >= 0.3 is 0 Å². The lowest BCUT2D eigenvalue weighted by molar-refractivity contribution is 0.478. The lowest BCUT2D eigenvalue weighted by Gasteiger charge is -2.21. The Morgan fingerprint density at radius 3 is 2.47 bits per heavy atom. The minimum absolute atomic E-state index is 0.0151. The van der Waals surface area contributed by atoms with Crippen molar-refractivity contribution in [2.75, 3.05) is 6.54 Å². The first-order chi connectivity index (χ1) is 7.02. The van der Waals surface area contributed by atoms with Crippen molar-refractivity contribution in [1.29, 1.82) is 5.41 Å². The molecule has 0 saturated heterocycles. The molecule has 0 atom stereocenters. The Kier molecular flexibility index (Phi) is 4.53. The number of hydrogen-bond acceptors (Lipinski definition) is 3. The fraction of sp³-hybridized carbons (Fsp3) is 0.889. The average Bonchev–Trinajstić information content (AvgIpc) is 2.18. The van der Waals surface area contributed by atoms with Gasteiger partial charge in [0.05, 0.1) is 11.1 Å². The van der Waals surface area contributed by atoms with Gasteiger partial charge in [-0.05, 0) is 12.8 Å². The summed E-state index contributed by atoms with van der Waals surface area (Å²) in [4.78, 5) is 0. The Bertz CT molecular complexity index is 307. The van der Waals surface area contributed by atoms with E-state index in [-0.39, 0.29) is 24.1 Å². The van der Waals surface area contributed by atoms with Crippen molar-refractivity contribution in [2.45, 2.75) is 43.8 Å². The van der Waals surface area contributed by atoms with Crippen molar-refractivity contribution in [2.24, 2.45) is 5.73 Å². The van der Waals surface area contributed by atoms with Crippen LogP contribution in [0.5, 0.6) is 0 Å². The molecule has 15 heavy (non-hydrogen) atoms. The van der Waals surface area contributed by atoms with Crippen LogP contribution in [0.4, 0.5) is 0 Å². The van der Waals surface area contributed by atoms with E-state index in [4.69, 9.17) is 11.1 Å². The van der Waals surface area contributed by atoms with Gasteiger partial charge in [-0.25, -0.2) is 13.1 Å². The quantitative estimate of drug-likeness (QED) is 0.478. The lowest BCUT2D eigenvalue weighted by atomic mass is 10.0. The molecule has 1 rings (SSSR count). The molecule has 0 spiro atoms. The van der Waals surface area contributed by atoms with Crippen LogP contribution in [0.2, 0.25) is 0 Å². The summed E-state index contributed by atoms with van der Waals surface area (Å²) in [6.07, 6.45) is 4.94. The fourth-order valence-electron chi connectivity index (χ4n) is 1.82. The normalized spacial score (nSPS) is 18.9. The summed E-state index contributed by atoms with van der Waals surface area (Å²) >= 11 is 0. The van der Waals surface area contributed by atoms with Crippen LogP contribution in [0.15, 0.2) is 0 Å². The molecule has 0 aromatic carbocycles. The van der Waals surface area contributed by atoms with Crippen LogP contribution >= 0.6 is 0 Å². The zero-order valence-electron chi connectivity index (χ0n) is 8.83. The minimum Gasteiger partial charge on any atom is -0.388 e. The van der Waals surface area contributed by atoms with E-state index in [2.05, 4.69) is 4.72 Å². The molecule has 0 aromatic heterocycles. The highest BCUT2D eigenvalue weighted by Gasteiger charge is 2.26. The molecular formula is C9H19N3O2S. The number of nitrogens with two attached hydrogens (primary N) is 1. The third-order valence-corrected chi connectivity index (χ3v) is 4.64. The molecule has 0 bridgehead atoms. The number of sulfonamides is 1. The first-order valence-electron chi connectivity index (χ1n) is 5.34. The maximum atomic E-state index is 11.7. The zero-order chi connectivity index (χ0) is 11.3. The number of rotatable bonds is 5. The van der Waals surface area contributed by atoms with Gasteiger partial charge in [-0.3, -0.25) is 5.41 Å². The Hall–Kier alpha value is -0.620. The molecule has 1 fully saturated rings. The van der Waals surface area contributed by atoms with Gasteiger partial charge in [-0.1, -0.05) is 19.3 Å². The highest BCUT2D eigenvalue weighted by atomic mass is 32.2. The van der Waals surface area contributed by atoms with Gasteiger partial charge in [0.25, 0.3) is 0 Å². The summed E-state index contributed by atoms with van der Waals surface area (Å²) < 4.78 is 26.0. The number of amidine groups is 1. The van der Waals surface area contributed by atoms with E-state index >= 15 is 0 Å². The van der Waals surface area contributed by atoms with Crippen LogP contribution in [0.1, 0.15) is 38.5 Å². The Labute approximate surface area is 91.0 Å². The summed E-state index contributed by atoms with van der Waals surface area (Å²) in [7, 11) is -3.18. The SMILES string of the molecule is N=C(N)CCNS(=O)(=O)C1CCCCC1. The predicted octanol–water partition coefficient (Wildman–Crippen LogP) is 0.565. The first kappa shape index (κ1) is 12.4. The van der Waals surface area contributed by atoms with Gasteiger partial charge in [-0.15, -0.1) is 0 Å². The van der Waals surface area contributed by atoms with E-state index in [0.29, 0.717) is 0 Å². The molecule has 0 aliphatic heterocycles. The second-order valence-electron chi connectivity index (χ2n) is 3.97. The maximum Gasteiger partial charge on any atom is 0.214 e. The van der Waals surface area contributed by atoms with E-state index in [0.717, 1.165) is 32.1 Å². The molecule has 6 heteroatoms. The lowest BCUT2D eigenvalue weighted by Crippen LogP contribution is -2.37. The van der Waals surface area contributed by atoms with Gasteiger partial charge < -0.3 is 5.73 Å². The molecule has 5 nitrogen and oxygen atoms in total. The summed E-state index contributed by atoms with van der Waals surface area (Å²) in [5, 5.41) is 6.75. The van der Waals surface area contributed by atoms with E-state index in [1.54, 1.807) is 0 Å². The second-order valence-corrected chi connectivity index (χ2v) is 6.02. The van der Waals surface area contributed by atoms with Crippen LogP contribution in [0, 0.1) is 5.41 Å². The number of hydrogen-bond donors (Lipinski definition) is 3. The average molecular weight is 233 g/mol. The second kappa shape index (κ2) is 5.46. The molecule has 0 heterocycles. The van der Waals surface area contributed by atoms with Gasteiger partial charge in [0.15, 0.2) is 0 Å². The number of nitrogens with one attached hydrogen (secondary N) is 2. The van der Waals surface area contributed by atoms with Crippen LogP contribution in [0.25, 0.3) is 0 Å². The molecule has 1 aliphatic carbocycles. The van der Waals surface area contributed by atoms with Gasteiger partial charge in [-0.2, -0.15) is 0 Å². The van der Waals surface area contributed by atoms with Crippen molar-refractivity contribution in [3.63, 3.8) is 0 Å². The van der Waals surface area contributed by atoms with E-state index < -0.39 is 10.0 Å². The molecule has 0 unspecified atom stereocenters. The first-order valence-corrected chi connectivity index (χ1v) is 6.88. The standard InChI is InChI=1S/C9H19N3O2S/c10-9(11)6-7-12-15(13,14)8-4-2-1-3-5-8/h8,12H,1-7H2,(H3,10,11). The van der Waals surface area contributed by atoms with Crippen LogP contribution in [-0.2, 0) is 10.0 Å². The van der Waals surface area contributed by atoms with Crippen LogP contribution in [-0.4, -0.2) is 26.0 Å². The molecule has 1 aliphatic rings. The monoisotopic (exact) mass is 233 g/mol. The largest absolute Gasteiger partial charge is 0.388 e. The molecular weight excluding hydrogens is 214 g/mol. The third kappa shape index (κ3) is 4.17. The Morgan fingerprint density at radius 2 is 1.93 bits per heavy atom. The maximum absolute atomic E-state index is 11.7. The Morgan fingerprint density at radius 1 is 1.33 bits per heavy atom. The summed E-state index contributed by atoms with van der Waals surface area (Å²) in [6, 6.07) is 0. The van der Waals surface area contributed by atoms with E-state index in [1.807, 2.05) is 0 Å². The smallest absolute Gasteiger partial charge is 0.214 e. The molecule has 88 valence electrons. The Balaban J connectivity index is 2.40. The van der Waals surface area contributed by atoms with Crippen molar-refractivity contribution in [1.82, 2.24) is 4.72 Å². The molecule has 0 amide bonds. The van der Waals surface area contributed by atoms with Gasteiger partial charge in [0, 0.05) is 13.0 Å². The molecule has 0 aromatic rings. The van der Waals surface area contributed by atoms with Gasteiger partial charge in [0.2, 0.25) is 10.0 Å². The summed E-state index contributed by atoms with van der Waals surface area (Å²) in [5.74, 6) is 0.0151. The summed E-state index contributed by atoms with van der Waals surface area (Å²) in [5.41, 5.74) is 5.15. The van der Waals surface area contributed by atoms with Crippen molar-refractivity contribution in [3.05, 3.63) is 0 Å². The molecule has 4 N–H and O–H groups in total. The highest BCUT2D eigenvalue weighted by Crippen LogP contribution is 2.22. The van der Waals surface area contributed by atoms with E-state index in [9.17, 15) is 8.42 Å². The van der Waals surface area contributed by atoms with Crippen molar-refractivity contribution in [3.8, 4) is 0 Å². The fourth-order valence-corrected chi connectivity index (χ4v) is 3.40. The topological polar surface area (TPSA) is 96.0 Å². The van der Waals surface area contributed by atoms with Crippen LogP contribution in [0.3, 0.4) is 0 Å². The molecule has 1 saturated carbocycles.